The van der Waals surface area contributed by atoms with Crippen molar-refractivity contribution < 1.29 is 9.72 Å². The highest BCUT2D eigenvalue weighted by atomic mass is 16.6. The first kappa shape index (κ1) is 15.2. The number of aromatic nitrogens is 1. The number of rotatable bonds is 3. The van der Waals surface area contributed by atoms with Crippen LogP contribution in [0.2, 0.25) is 0 Å². The summed E-state index contributed by atoms with van der Waals surface area (Å²) in [6, 6.07) is 4.78. The predicted molar refractivity (Wildman–Crippen MR) is 87.5 cm³/mol. The summed E-state index contributed by atoms with van der Waals surface area (Å²) in [6.07, 6.45) is 4.85. The number of nitro groups is 1. The molecule has 1 aromatic carbocycles. The molecule has 0 radical (unpaired) electrons. The van der Waals surface area contributed by atoms with Gasteiger partial charge in [-0.15, -0.1) is 0 Å². The van der Waals surface area contributed by atoms with Crippen LogP contribution in [0, 0.1) is 10.1 Å². The van der Waals surface area contributed by atoms with E-state index >= 15 is 0 Å². The molecule has 1 fully saturated rings. The predicted octanol–water partition coefficient (Wildman–Crippen LogP) is 2.20. The van der Waals surface area contributed by atoms with Crippen molar-refractivity contribution >= 4 is 28.1 Å². The van der Waals surface area contributed by atoms with Gasteiger partial charge in [-0.2, -0.15) is 0 Å². The smallest absolute Gasteiger partial charge is 0.278 e. The van der Waals surface area contributed by atoms with Gasteiger partial charge in [0, 0.05) is 50.2 Å². The zero-order chi connectivity index (χ0) is 16.6. The molecule has 1 aliphatic rings. The van der Waals surface area contributed by atoms with E-state index in [4.69, 9.17) is 0 Å². The number of benzene rings is 1. The van der Waals surface area contributed by atoms with Crippen molar-refractivity contribution in [2.45, 2.75) is 18.9 Å². The van der Waals surface area contributed by atoms with Gasteiger partial charge in [0.25, 0.3) is 5.69 Å². The first-order valence-corrected chi connectivity index (χ1v) is 7.49. The maximum Gasteiger partial charge on any atom is 0.278 e. The molecule has 120 valence electrons. The van der Waals surface area contributed by atoms with Crippen molar-refractivity contribution in [3.05, 3.63) is 40.7 Å². The molecule has 0 aliphatic carbocycles. The number of likely N-dealkylation sites (N-methyl/N-ethyl adjacent to an activating group) is 1. The van der Waals surface area contributed by atoms with Crippen molar-refractivity contribution in [3.8, 4) is 0 Å². The molecular weight excluding hydrogens is 296 g/mol. The van der Waals surface area contributed by atoms with Crippen LogP contribution in [-0.4, -0.2) is 47.4 Å². The third kappa shape index (κ3) is 2.58. The average Bonchev–Trinajstić information content (AvgIpc) is 3.01. The fourth-order valence-electron chi connectivity index (χ4n) is 3.18. The number of hydrogen-bond donors (Lipinski definition) is 0. The first-order valence-electron chi connectivity index (χ1n) is 7.49. The highest BCUT2D eigenvalue weighted by Crippen LogP contribution is 2.36. The minimum absolute atomic E-state index is 0.0338. The Morgan fingerprint density at radius 2 is 2.13 bits per heavy atom. The van der Waals surface area contributed by atoms with Gasteiger partial charge < -0.3 is 9.80 Å². The maximum absolute atomic E-state index is 12.4. The number of pyridine rings is 1. The monoisotopic (exact) mass is 314 g/mol. The number of anilines is 1. The van der Waals surface area contributed by atoms with Gasteiger partial charge in [-0.3, -0.25) is 19.9 Å². The molecule has 1 atom stereocenters. The second-order valence-electron chi connectivity index (χ2n) is 5.87. The Kier molecular flexibility index (Phi) is 3.85. The Morgan fingerprint density at radius 1 is 1.35 bits per heavy atom. The molecule has 1 aliphatic heterocycles. The second-order valence-corrected chi connectivity index (χ2v) is 5.87. The van der Waals surface area contributed by atoms with Crippen molar-refractivity contribution in [1.82, 2.24) is 9.88 Å². The lowest BCUT2D eigenvalue weighted by atomic mass is 10.1. The van der Waals surface area contributed by atoms with Crippen LogP contribution in [0.15, 0.2) is 30.6 Å². The van der Waals surface area contributed by atoms with Crippen LogP contribution in [0.25, 0.3) is 10.8 Å². The normalized spacial score (nSPS) is 17.5. The molecule has 0 spiro atoms. The molecule has 0 saturated carbocycles. The van der Waals surface area contributed by atoms with Gasteiger partial charge in [0.15, 0.2) is 0 Å². The van der Waals surface area contributed by atoms with Gasteiger partial charge in [0.2, 0.25) is 5.91 Å². The van der Waals surface area contributed by atoms with Gasteiger partial charge in [0.1, 0.15) is 6.04 Å². The first-order chi connectivity index (χ1) is 11.0. The summed E-state index contributed by atoms with van der Waals surface area (Å²) in [7, 11) is 3.49. The Bertz CT molecular complexity index is 775. The Balaban J connectivity index is 2.12. The van der Waals surface area contributed by atoms with Crippen LogP contribution < -0.4 is 4.90 Å². The molecule has 2 aromatic rings. The molecule has 0 N–H and O–H groups in total. The minimum atomic E-state index is -0.403. The quantitative estimate of drug-likeness (QED) is 0.641. The summed E-state index contributed by atoms with van der Waals surface area (Å²) >= 11 is 0. The summed E-state index contributed by atoms with van der Waals surface area (Å²) in [5, 5.41) is 12.5. The standard InChI is InChI=1S/C16H18N4O3/c1-18(2)16(21)15-4-3-9-19(15)13-5-6-14(20(22)23)12-10-17-8-7-11(12)13/h5-8,10,15H,3-4,9H2,1-2H3. The molecule has 1 unspecified atom stereocenters. The van der Waals surface area contributed by atoms with Crippen LogP contribution in [0.3, 0.4) is 0 Å². The second kappa shape index (κ2) is 5.83. The fourth-order valence-corrected chi connectivity index (χ4v) is 3.18. The summed E-state index contributed by atoms with van der Waals surface area (Å²) in [4.78, 5) is 30.9. The third-order valence-corrected chi connectivity index (χ3v) is 4.26. The van der Waals surface area contributed by atoms with Crippen molar-refractivity contribution in [1.29, 1.82) is 0 Å². The molecule has 23 heavy (non-hydrogen) atoms. The van der Waals surface area contributed by atoms with Gasteiger partial charge in [-0.1, -0.05) is 0 Å². The molecule has 7 heteroatoms. The largest absolute Gasteiger partial charge is 0.359 e. The summed E-state index contributed by atoms with van der Waals surface area (Å²) in [5.41, 5.74) is 0.886. The topological polar surface area (TPSA) is 79.6 Å². The third-order valence-electron chi connectivity index (χ3n) is 4.26. The van der Waals surface area contributed by atoms with Crippen LogP contribution >= 0.6 is 0 Å². The fraction of sp³-hybridized carbons (Fsp3) is 0.375. The summed E-state index contributed by atoms with van der Waals surface area (Å²) in [6.45, 7) is 0.763. The van der Waals surface area contributed by atoms with Crippen molar-refractivity contribution in [3.63, 3.8) is 0 Å². The number of carbonyl (C=O) groups excluding carboxylic acids is 1. The lowest BCUT2D eigenvalue weighted by Gasteiger charge is -2.29. The highest BCUT2D eigenvalue weighted by Gasteiger charge is 2.33. The number of carbonyl (C=O) groups is 1. The number of non-ortho nitro benzene ring substituents is 1. The molecule has 3 rings (SSSR count). The zero-order valence-electron chi connectivity index (χ0n) is 13.1. The van der Waals surface area contributed by atoms with E-state index in [-0.39, 0.29) is 17.6 Å². The number of hydrogen-bond acceptors (Lipinski definition) is 5. The molecular formula is C16H18N4O3. The molecule has 0 bridgehead atoms. The van der Waals surface area contributed by atoms with Gasteiger partial charge in [0.05, 0.1) is 10.3 Å². The highest BCUT2D eigenvalue weighted by molar-refractivity contribution is 6.01. The number of nitro benzene ring substituents is 1. The summed E-state index contributed by atoms with van der Waals surface area (Å²) in [5.74, 6) is 0.0584. The molecule has 7 nitrogen and oxygen atoms in total. The molecule has 1 aromatic heterocycles. The van der Waals surface area contributed by atoms with Crippen molar-refractivity contribution in [2.75, 3.05) is 25.5 Å². The van der Waals surface area contributed by atoms with E-state index in [9.17, 15) is 14.9 Å². The van der Waals surface area contributed by atoms with E-state index in [1.54, 1.807) is 37.3 Å². The minimum Gasteiger partial charge on any atom is -0.359 e. The Hall–Kier alpha value is -2.70. The molecule has 2 heterocycles. The van der Waals surface area contributed by atoms with Crippen molar-refractivity contribution in [2.24, 2.45) is 0 Å². The van der Waals surface area contributed by atoms with Gasteiger partial charge >= 0.3 is 0 Å². The Labute approximate surface area is 133 Å². The number of fused-ring (bicyclic) bond motifs is 1. The van der Waals surface area contributed by atoms with E-state index in [1.807, 2.05) is 4.90 Å². The summed E-state index contributed by atoms with van der Waals surface area (Å²) < 4.78 is 0. The lowest BCUT2D eigenvalue weighted by molar-refractivity contribution is -0.383. The average molecular weight is 314 g/mol. The maximum atomic E-state index is 12.4. The van der Waals surface area contributed by atoms with Gasteiger partial charge in [-0.05, 0) is 25.0 Å². The van der Waals surface area contributed by atoms with E-state index < -0.39 is 4.92 Å². The van der Waals surface area contributed by atoms with E-state index in [1.165, 1.54) is 12.3 Å². The zero-order valence-corrected chi connectivity index (χ0v) is 13.1. The van der Waals surface area contributed by atoms with Crippen LogP contribution in [0.1, 0.15) is 12.8 Å². The van der Waals surface area contributed by atoms with E-state index in [2.05, 4.69) is 4.98 Å². The number of amides is 1. The molecule has 1 saturated heterocycles. The van der Waals surface area contributed by atoms with Crippen LogP contribution in [0.5, 0.6) is 0 Å². The van der Waals surface area contributed by atoms with Gasteiger partial charge in [-0.25, -0.2) is 0 Å². The lowest BCUT2D eigenvalue weighted by Crippen LogP contribution is -2.42. The SMILES string of the molecule is CN(C)C(=O)C1CCCN1c1ccc([N+](=O)[O-])c2cnccc12. The number of nitrogens with zero attached hydrogens (tertiary/aromatic N) is 4. The van der Waals surface area contributed by atoms with Crippen LogP contribution in [-0.2, 0) is 4.79 Å². The van der Waals surface area contributed by atoms with Crippen LogP contribution in [0.4, 0.5) is 11.4 Å². The van der Waals surface area contributed by atoms with E-state index in [0.717, 1.165) is 30.5 Å². The Morgan fingerprint density at radius 3 is 2.83 bits per heavy atom. The molecule has 1 amide bonds. The van der Waals surface area contributed by atoms with E-state index in [0.29, 0.717) is 5.39 Å².